The highest BCUT2D eigenvalue weighted by Gasteiger charge is 2.20. The van der Waals surface area contributed by atoms with Crippen molar-refractivity contribution in [1.82, 2.24) is 4.90 Å². The third kappa shape index (κ3) is 3.59. The van der Waals surface area contributed by atoms with E-state index in [1.54, 1.807) is 0 Å². The first kappa shape index (κ1) is 13.2. The molecule has 1 aromatic carbocycles. The summed E-state index contributed by atoms with van der Waals surface area (Å²) in [6.45, 7) is 5.50. The highest BCUT2D eigenvalue weighted by atomic mass is 35.5. The number of ether oxygens (including phenoxy) is 1. The predicted molar refractivity (Wildman–Crippen MR) is 71.9 cm³/mol. The Morgan fingerprint density at radius 1 is 1.47 bits per heavy atom. The molecule has 1 atom stereocenters. The zero-order valence-electron chi connectivity index (χ0n) is 9.96. The van der Waals surface area contributed by atoms with Crippen molar-refractivity contribution in [3.8, 4) is 0 Å². The minimum absolute atomic E-state index is 0.148. The number of aryl methyl sites for hydroxylation is 1. The molecule has 0 saturated carbocycles. The molecule has 2 nitrogen and oxygen atoms in total. The number of alkyl halides is 1. The van der Waals surface area contributed by atoms with E-state index in [2.05, 4.69) is 17.0 Å². The maximum Gasteiger partial charge on any atom is 0.0837 e. The number of hydrogen-bond donors (Lipinski definition) is 0. The predicted octanol–water partition coefficient (Wildman–Crippen LogP) is 3.09. The van der Waals surface area contributed by atoms with Crippen LogP contribution < -0.4 is 0 Å². The van der Waals surface area contributed by atoms with E-state index in [-0.39, 0.29) is 6.10 Å². The normalized spacial score (nSPS) is 21.7. The lowest BCUT2D eigenvalue weighted by atomic mass is 10.1. The average Bonchev–Trinajstić information content (AvgIpc) is 2.33. The molecule has 0 aliphatic carbocycles. The molecule has 0 spiro atoms. The Hall–Kier alpha value is -0.280. The van der Waals surface area contributed by atoms with Gasteiger partial charge in [0.05, 0.1) is 12.7 Å². The van der Waals surface area contributed by atoms with Gasteiger partial charge in [0.2, 0.25) is 0 Å². The van der Waals surface area contributed by atoms with Crippen molar-refractivity contribution < 1.29 is 4.74 Å². The van der Waals surface area contributed by atoms with Crippen LogP contribution in [-0.4, -0.2) is 36.6 Å². The summed E-state index contributed by atoms with van der Waals surface area (Å²) in [5, 5.41) is 0.846. The van der Waals surface area contributed by atoms with Crippen LogP contribution in [0, 0.1) is 6.92 Å². The minimum atomic E-state index is 0.148. The summed E-state index contributed by atoms with van der Waals surface area (Å²) in [7, 11) is 0. The molecular formula is C13H17Cl2NO. The highest BCUT2D eigenvalue weighted by molar-refractivity contribution is 6.31. The maximum atomic E-state index is 6.24. The van der Waals surface area contributed by atoms with Gasteiger partial charge < -0.3 is 4.74 Å². The number of nitrogens with zero attached hydrogens (tertiary/aromatic N) is 1. The quantitative estimate of drug-likeness (QED) is 0.785. The molecule has 1 aliphatic heterocycles. The van der Waals surface area contributed by atoms with E-state index in [1.165, 1.54) is 11.1 Å². The summed E-state index contributed by atoms with van der Waals surface area (Å²) in [6, 6.07) is 6.21. The molecule has 1 heterocycles. The number of benzene rings is 1. The third-order valence-electron chi connectivity index (χ3n) is 3.00. The summed E-state index contributed by atoms with van der Waals surface area (Å²) in [4.78, 5) is 2.34. The Kier molecular flexibility index (Phi) is 4.69. The Balaban J connectivity index is 2.00. The van der Waals surface area contributed by atoms with Crippen LogP contribution in [0.4, 0.5) is 0 Å². The van der Waals surface area contributed by atoms with Gasteiger partial charge in [-0.2, -0.15) is 0 Å². The van der Waals surface area contributed by atoms with Crippen molar-refractivity contribution in [2.75, 3.05) is 25.6 Å². The fraction of sp³-hybridized carbons (Fsp3) is 0.538. The van der Waals surface area contributed by atoms with Gasteiger partial charge in [-0.1, -0.05) is 23.7 Å². The van der Waals surface area contributed by atoms with Gasteiger partial charge >= 0.3 is 0 Å². The number of rotatable bonds is 3. The van der Waals surface area contributed by atoms with Crippen LogP contribution >= 0.6 is 23.2 Å². The number of morpholine rings is 1. The molecule has 1 aliphatic rings. The molecule has 0 aromatic heterocycles. The first-order chi connectivity index (χ1) is 8.19. The number of halogens is 2. The second-order valence-corrected chi connectivity index (χ2v) is 5.19. The van der Waals surface area contributed by atoms with E-state index in [1.807, 2.05) is 13.0 Å². The monoisotopic (exact) mass is 273 g/mol. The lowest BCUT2D eigenvalue weighted by Gasteiger charge is -2.32. The summed E-state index contributed by atoms with van der Waals surface area (Å²) >= 11 is 12.1. The van der Waals surface area contributed by atoms with Crippen LogP contribution in [0.1, 0.15) is 11.1 Å². The summed E-state index contributed by atoms with van der Waals surface area (Å²) in [5.74, 6) is 0.554. The first-order valence-electron chi connectivity index (χ1n) is 5.84. The van der Waals surface area contributed by atoms with Gasteiger partial charge in [-0.25, -0.2) is 0 Å². The summed E-state index contributed by atoms with van der Waals surface area (Å²) in [6.07, 6.45) is 0.148. The Labute approximate surface area is 112 Å². The molecule has 94 valence electrons. The fourth-order valence-electron chi connectivity index (χ4n) is 2.04. The first-order valence-corrected chi connectivity index (χ1v) is 6.75. The van der Waals surface area contributed by atoms with Gasteiger partial charge in [0.25, 0.3) is 0 Å². The van der Waals surface area contributed by atoms with Crippen LogP contribution in [-0.2, 0) is 11.3 Å². The zero-order chi connectivity index (χ0) is 12.3. The Morgan fingerprint density at radius 2 is 2.29 bits per heavy atom. The van der Waals surface area contributed by atoms with Gasteiger partial charge in [0, 0.05) is 30.5 Å². The van der Waals surface area contributed by atoms with Crippen molar-refractivity contribution in [2.45, 2.75) is 19.6 Å². The second-order valence-electron chi connectivity index (χ2n) is 4.48. The third-order valence-corrected chi connectivity index (χ3v) is 3.69. The van der Waals surface area contributed by atoms with E-state index in [4.69, 9.17) is 27.9 Å². The van der Waals surface area contributed by atoms with E-state index < -0.39 is 0 Å². The van der Waals surface area contributed by atoms with Gasteiger partial charge in [-0.3, -0.25) is 4.90 Å². The standard InChI is InChI=1S/C13H17Cl2NO/c1-10-2-3-11(13(15)6-10)8-16-4-5-17-12(7-14)9-16/h2-3,6,12H,4-5,7-9H2,1H3. The second kappa shape index (κ2) is 6.05. The molecule has 0 amide bonds. The molecule has 0 bridgehead atoms. The van der Waals surface area contributed by atoms with Gasteiger partial charge in [0.1, 0.15) is 0 Å². The van der Waals surface area contributed by atoms with Gasteiger partial charge in [-0.15, -0.1) is 11.6 Å². The summed E-state index contributed by atoms with van der Waals surface area (Å²) < 4.78 is 5.54. The molecular weight excluding hydrogens is 257 g/mol. The van der Waals surface area contributed by atoms with Gasteiger partial charge in [-0.05, 0) is 24.1 Å². The molecule has 2 rings (SSSR count). The minimum Gasteiger partial charge on any atom is -0.374 e. The maximum absolute atomic E-state index is 6.24. The molecule has 0 radical (unpaired) electrons. The van der Waals surface area contributed by atoms with Crippen LogP contribution in [0.15, 0.2) is 18.2 Å². The molecule has 1 fully saturated rings. The van der Waals surface area contributed by atoms with E-state index in [0.717, 1.165) is 31.3 Å². The summed E-state index contributed by atoms with van der Waals surface area (Å²) in [5.41, 5.74) is 2.37. The van der Waals surface area contributed by atoms with Crippen LogP contribution in [0.25, 0.3) is 0 Å². The zero-order valence-corrected chi connectivity index (χ0v) is 11.5. The SMILES string of the molecule is Cc1ccc(CN2CCOC(CCl)C2)c(Cl)c1. The largest absolute Gasteiger partial charge is 0.374 e. The van der Waals surface area contributed by atoms with Crippen molar-refractivity contribution in [1.29, 1.82) is 0 Å². The molecule has 0 N–H and O–H groups in total. The molecule has 4 heteroatoms. The van der Waals surface area contributed by atoms with Crippen molar-refractivity contribution in [3.05, 3.63) is 34.3 Å². The van der Waals surface area contributed by atoms with E-state index >= 15 is 0 Å². The molecule has 1 unspecified atom stereocenters. The lowest BCUT2D eigenvalue weighted by Crippen LogP contribution is -2.42. The van der Waals surface area contributed by atoms with Crippen LogP contribution in [0.5, 0.6) is 0 Å². The van der Waals surface area contributed by atoms with Crippen molar-refractivity contribution >= 4 is 23.2 Å². The van der Waals surface area contributed by atoms with Crippen LogP contribution in [0.3, 0.4) is 0 Å². The molecule has 1 aromatic rings. The molecule has 17 heavy (non-hydrogen) atoms. The lowest BCUT2D eigenvalue weighted by molar-refractivity contribution is -0.0193. The fourth-order valence-corrected chi connectivity index (χ4v) is 2.52. The van der Waals surface area contributed by atoms with E-state index in [0.29, 0.717) is 5.88 Å². The van der Waals surface area contributed by atoms with Crippen LogP contribution in [0.2, 0.25) is 5.02 Å². The molecule has 1 saturated heterocycles. The average molecular weight is 274 g/mol. The van der Waals surface area contributed by atoms with E-state index in [9.17, 15) is 0 Å². The Bertz CT molecular complexity index is 384. The smallest absolute Gasteiger partial charge is 0.0837 e. The Morgan fingerprint density at radius 3 is 3.00 bits per heavy atom. The van der Waals surface area contributed by atoms with Gasteiger partial charge in [0.15, 0.2) is 0 Å². The van der Waals surface area contributed by atoms with Crippen molar-refractivity contribution in [3.63, 3.8) is 0 Å². The van der Waals surface area contributed by atoms with Crippen molar-refractivity contribution in [2.24, 2.45) is 0 Å². The highest BCUT2D eigenvalue weighted by Crippen LogP contribution is 2.20. The number of hydrogen-bond acceptors (Lipinski definition) is 2. The topological polar surface area (TPSA) is 12.5 Å².